The third kappa shape index (κ3) is 4.17. The SMILES string of the molecule is CCCCCCCCCc1cccc2cc3ccc4cc5ccccc5cc4c3cc12. The number of fused-ring (bicyclic) bond motifs is 5. The monoisotopic (exact) mass is 404 g/mol. The van der Waals surface area contributed by atoms with Crippen molar-refractivity contribution in [3.8, 4) is 0 Å². The van der Waals surface area contributed by atoms with E-state index in [4.69, 9.17) is 0 Å². The molecule has 0 saturated heterocycles. The van der Waals surface area contributed by atoms with E-state index in [0.29, 0.717) is 0 Å². The zero-order chi connectivity index (χ0) is 21.0. The maximum atomic E-state index is 2.46. The van der Waals surface area contributed by atoms with E-state index in [1.807, 2.05) is 0 Å². The molecule has 5 aromatic rings. The summed E-state index contributed by atoms with van der Waals surface area (Å²) >= 11 is 0. The van der Waals surface area contributed by atoms with Crippen LogP contribution in [0.1, 0.15) is 57.4 Å². The Morgan fingerprint density at radius 3 is 1.81 bits per heavy atom. The van der Waals surface area contributed by atoms with Crippen molar-refractivity contribution in [2.45, 2.75) is 58.3 Å². The van der Waals surface area contributed by atoms with Crippen LogP contribution in [0.3, 0.4) is 0 Å². The van der Waals surface area contributed by atoms with Crippen LogP contribution < -0.4 is 0 Å². The fourth-order valence-electron chi connectivity index (χ4n) is 5.08. The number of hydrogen-bond donors (Lipinski definition) is 0. The number of aryl methyl sites for hydroxylation is 1. The van der Waals surface area contributed by atoms with Gasteiger partial charge in [0.25, 0.3) is 0 Å². The lowest BCUT2D eigenvalue weighted by Crippen LogP contribution is -1.89. The molecule has 0 nitrogen and oxygen atoms in total. The van der Waals surface area contributed by atoms with Gasteiger partial charge in [0.15, 0.2) is 0 Å². The maximum Gasteiger partial charge on any atom is -0.00987 e. The van der Waals surface area contributed by atoms with Crippen LogP contribution in [0.5, 0.6) is 0 Å². The van der Waals surface area contributed by atoms with E-state index in [-0.39, 0.29) is 0 Å². The Balaban J connectivity index is 1.50. The van der Waals surface area contributed by atoms with Gasteiger partial charge in [-0.3, -0.25) is 0 Å². The fourth-order valence-corrected chi connectivity index (χ4v) is 5.08. The number of hydrogen-bond acceptors (Lipinski definition) is 0. The molecule has 0 spiro atoms. The van der Waals surface area contributed by atoms with Crippen molar-refractivity contribution >= 4 is 43.1 Å². The topological polar surface area (TPSA) is 0 Å². The van der Waals surface area contributed by atoms with Crippen molar-refractivity contribution < 1.29 is 0 Å². The normalized spacial score (nSPS) is 11.8. The molecule has 5 aromatic carbocycles. The van der Waals surface area contributed by atoms with E-state index in [1.54, 1.807) is 0 Å². The standard InChI is InChI=1S/C31H32/c1-2-3-4-5-6-7-8-12-23-15-11-16-26-20-28-18-17-27-19-24-13-9-10-14-25(24)21-30(27)31(28)22-29(23)26/h9-11,13-22H,2-8,12H2,1H3. The van der Waals surface area contributed by atoms with E-state index in [1.165, 1.54) is 100 Å². The molecule has 0 aliphatic heterocycles. The smallest absolute Gasteiger partial charge is 0.00987 e. The van der Waals surface area contributed by atoms with Crippen LogP contribution in [0.4, 0.5) is 0 Å². The van der Waals surface area contributed by atoms with Crippen molar-refractivity contribution in [1.82, 2.24) is 0 Å². The molecule has 0 unspecified atom stereocenters. The summed E-state index contributed by atoms with van der Waals surface area (Å²) in [4.78, 5) is 0. The van der Waals surface area contributed by atoms with Crippen molar-refractivity contribution in [1.29, 1.82) is 0 Å². The summed E-state index contributed by atoms with van der Waals surface area (Å²) in [5.41, 5.74) is 1.51. The van der Waals surface area contributed by atoms with E-state index in [2.05, 4.69) is 85.8 Å². The number of rotatable bonds is 8. The van der Waals surface area contributed by atoms with Gasteiger partial charge >= 0.3 is 0 Å². The summed E-state index contributed by atoms with van der Waals surface area (Å²) < 4.78 is 0. The second kappa shape index (κ2) is 9.10. The van der Waals surface area contributed by atoms with Gasteiger partial charge in [0, 0.05) is 0 Å². The summed E-state index contributed by atoms with van der Waals surface area (Å²) in [7, 11) is 0. The van der Waals surface area contributed by atoms with Crippen molar-refractivity contribution in [2.75, 3.05) is 0 Å². The van der Waals surface area contributed by atoms with Crippen LogP contribution in [-0.4, -0.2) is 0 Å². The molecule has 5 rings (SSSR count). The highest BCUT2D eigenvalue weighted by atomic mass is 14.1. The Hall–Kier alpha value is -2.86. The average molecular weight is 405 g/mol. The van der Waals surface area contributed by atoms with E-state index in [9.17, 15) is 0 Å². The van der Waals surface area contributed by atoms with Gasteiger partial charge in [-0.25, -0.2) is 0 Å². The average Bonchev–Trinajstić information content (AvgIpc) is 2.81. The highest BCUT2D eigenvalue weighted by Gasteiger charge is 2.07. The van der Waals surface area contributed by atoms with E-state index >= 15 is 0 Å². The minimum atomic E-state index is 1.18. The molecule has 0 heteroatoms. The van der Waals surface area contributed by atoms with Gasteiger partial charge in [0.05, 0.1) is 0 Å². The van der Waals surface area contributed by atoms with Gasteiger partial charge in [-0.15, -0.1) is 0 Å². The molecule has 0 bridgehead atoms. The van der Waals surface area contributed by atoms with Crippen LogP contribution in [0, 0.1) is 0 Å². The Morgan fingerprint density at radius 1 is 0.452 bits per heavy atom. The molecule has 156 valence electrons. The van der Waals surface area contributed by atoms with Gasteiger partial charge < -0.3 is 0 Å². The van der Waals surface area contributed by atoms with Crippen LogP contribution >= 0.6 is 0 Å². The lowest BCUT2D eigenvalue weighted by Gasteiger charge is -2.11. The maximum absolute atomic E-state index is 2.46. The summed E-state index contributed by atoms with van der Waals surface area (Å²) in [5, 5.41) is 10.8. The quantitative estimate of drug-likeness (QED) is 0.137. The molecule has 0 radical (unpaired) electrons. The van der Waals surface area contributed by atoms with E-state index < -0.39 is 0 Å². The second-order valence-electron chi connectivity index (χ2n) is 9.07. The highest BCUT2D eigenvalue weighted by Crippen LogP contribution is 2.33. The summed E-state index contributed by atoms with van der Waals surface area (Å²) in [5.74, 6) is 0. The van der Waals surface area contributed by atoms with Gasteiger partial charge in [0.2, 0.25) is 0 Å². The predicted molar refractivity (Wildman–Crippen MR) is 138 cm³/mol. The minimum Gasteiger partial charge on any atom is -0.0654 e. The number of unbranched alkanes of at least 4 members (excludes halogenated alkanes) is 6. The Bertz CT molecular complexity index is 1340. The molecule has 31 heavy (non-hydrogen) atoms. The molecule has 0 amide bonds. The molecule has 0 aromatic heterocycles. The molecule has 0 aliphatic carbocycles. The largest absolute Gasteiger partial charge is 0.0654 e. The molecule has 0 atom stereocenters. The third-order valence-electron chi connectivity index (χ3n) is 6.84. The number of benzene rings is 5. The molecule has 0 N–H and O–H groups in total. The third-order valence-corrected chi connectivity index (χ3v) is 6.84. The molecule has 0 fully saturated rings. The summed E-state index contributed by atoms with van der Waals surface area (Å²) in [6.45, 7) is 2.29. The summed E-state index contributed by atoms with van der Waals surface area (Å²) in [6, 6.07) is 29.6. The summed E-state index contributed by atoms with van der Waals surface area (Å²) in [6.07, 6.45) is 10.7. The molecule has 0 aliphatic rings. The minimum absolute atomic E-state index is 1.18. The van der Waals surface area contributed by atoms with Gasteiger partial charge in [-0.1, -0.05) is 100 Å². The molecular formula is C31H32. The molecular weight excluding hydrogens is 372 g/mol. The van der Waals surface area contributed by atoms with Gasteiger partial charge in [-0.05, 0) is 85.8 Å². The van der Waals surface area contributed by atoms with Crippen molar-refractivity contribution in [2.24, 2.45) is 0 Å². The fraction of sp³-hybridized carbons (Fsp3) is 0.290. The predicted octanol–water partition coefficient (Wildman–Crippen LogP) is 9.59. The first-order chi connectivity index (χ1) is 15.3. The van der Waals surface area contributed by atoms with E-state index in [0.717, 1.165) is 0 Å². The van der Waals surface area contributed by atoms with Crippen LogP contribution in [-0.2, 0) is 6.42 Å². The van der Waals surface area contributed by atoms with Crippen LogP contribution in [0.15, 0.2) is 78.9 Å². The Morgan fingerprint density at radius 2 is 1.03 bits per heavy atom. The first-order valence-electron chi connectivity index (χ1n) is 12.1. The highest BCUT2D eigenvalue weighted by molar-refractivity contribution is 6.15. The first kappa shape index (κ1) is 20.1. The van der Waals surface area contributed by atoms with Crippen LogP contribution in [0.25, 0.3) is 43.1 Å². The van der Waals surface area contributed by atoms with Crippen LogP contribution in [0.2, 0.25) is 0 Å². The van der Waals surface area contributed by atoms with Crippen molar-refractivity contribution in [3.05, 3.63) is 84.4 Å². The second-order valence-corrected chi connectivity index (χ2v) is 9.07. The molecule has 0 saturated carbocycles. The zero-order valence-electron chi connectivity index (χ0n) is 18.7. The lowest BCUT2D eigenvalue weighted by atomic mass is 9.93. The first-order valence-corrected chi connectivity index (χ1v) is 12.1. The zero-order valence-corrected chi connectivity index (χ0v) is 18.7. The Labute approximate surface area is 185 Å². The molecule has 0 heterocycles. The van der Waals surface area contributed by atoms with Crippen molar-refractivity contribution in [3.63, 3.8) is 0 Å². The van der Waals surface area contributed by atoms with Gasteiger partial charge in [0.1, 0.15) is 0 Å². The Kier molecular flexibility index (Phi) is 5.89. The van der Waals surface area contributed by atoms with Gasteiger partial charge in [-0.2, -0.15) is 0 Å². The lowest BCUT2D eigenvalue weighted by molar-refractivity contribution is 0.590.